The van der Waals surface area contributed by atoms with Crippen molar-refractivity contribution < 1.29 is 24.2 Å². The summed E-state index contributed by atoms with van der Waals surface area (Å²) < 4.78 is 4.69. The third-order valence-electron chi connectivity index (χ3n) is 4.03. The second kappa shape index (κ2) is 7.18. The second-order valence-electron chi connectivity index (χ2n) is 5.74. The van der Waals surface area contributed by atoms with Crippen molar-refractivity contribution >= 4 is 41.1 Å². The molecule has 10 heteroatoms. The molecule has 0 aromatic heterocycles. The fourth-order valence-electron chi connectivity index (χ4n) is 2.69. The van der Waals surface area contributed by atoms with Crippen LogP contribution in [0, 0.1) is 0 Å². The molecule has 2 heterocycles. The molecule has 2 aliphatic heterocycles. The van der Waals surface area contributed by atoms with Gasteiger partial charge in [0.05, 0.1) is 18.6 Å². The number of nitrogens with zero attached hydrogens (tertiary/aromatic N) is 1. The number of β-lactam (4-membered cyclic amide) rings is 1. The van der Waals surface area contributed by atoms with Crippen LogP contribution in [0.5, 0.6) is 5.75 Å². The number of carbonyl (C=O) groups excluding carboxylic acids is 3. The number of methoxy groups -OCH3 is 1. The Labute approximate surface area is 158 Å². The minimum absolute atomic E-state index is 0.0115. The van der Waals surface area contributed by atoms with Crippen molar-refractivity contribution in [3.63, 3.8) is 0 Å². The van der Waals surface area contributed by atoms with Gasteiger partial charge in [0.1, 0.15) is 28.2 Å². The van der Waals surface area contributed by atoms with Crippen molar-refractivity contribution in [2.45, 2.75) is 23.2 Å². The van der Waals surface area contributed by atoms with Gasteiger partial charge in [-0.1, -0.05) is 23.7 Å². The Morgan fingerprint density at radius 2 is 2.04 bits per heavy atom. The highest BCUT2D eigenvalue weighted by Crippen LogP contribution is 2.44. The number of phenolic OH excluding ortho intramolecular Hbond substituents is 1. The van der Waals surface area contributed by atoms with E-state index in [0.717, 1.165) is 0 Å². The molecule has 138 valence electrons. The predicted molar refractivity (Wildman–Crippen MR) is 94.8 cm³/mol. The smallest absolute Gasteiger partial charge is 0.356 e. The van der Waals surface area contributed by atoms with Crippen LogP contribution in [0.4, 0.5) is 0 Å². The highest BCUT2D eigenvalue weighted by molar-refractivity contribution is 8.01. The van der Waals surface area contributed by atoms with Gasteiger partial charge < -0.3 is 20.9 Å². The van der Waals surface area contributed by atoms with E-state index in [4.69, 9.17) is 22.1 Å². The van der Waals surface area contributed by atoms with Gasteiger partial charge in [-0.15, -0.1) is 11.8 Å². The number of benzene rings is 1. The van der Waals surface area contributed by atoms with Gasteiger partial charge in [0.15, 0.2) is 0 Å². The van der Waals surface area contributed by atoms with E-state index in [2.05, 4.69) is 5.32 Å². The maximum atomic E-state index is 12.3. The zero-order chi connectivity index (χ0) is 19.0. The first-order chi connectivity index (χ1) is 12.3. The number of esters is 1. The minimum Gasteiger partial charge on any atom is -0.508 e. The lowest BCUT2D eigenvalue weighted by Gasteiger charge is -2.49. The van der Waals surface area contributed by atoms with Crippen LogP contribution in [0.2, 0.25) is 0 Å². The molecule has 1 fully saturated rings. The lowest BCUT2D eigenvalue weighted by Crippen LogP contribution is -2.69. The van der Waals surface area contributed by atoms with Crippen LogP contribution in [-0.2, 0) is 25.5 Å². The third kappa shape index (κ3) is 3.25. The molecule has 2 aliphatic rings. The zero-order valence-corrected chi connectivity index (χ0v) is 15.2. The predicted octanol–water partition coefficient (Wildman–Crippen LogP) is 0.243. The molecule has 0 radical (unpaired) electrons. The number of hydrogen-bond acceptors (Lipinski definition) is 7. The summed E-state index contributed by atoms with van der Waals surface area (Å²) in [5.41, 5.74) is 6.39. The van der Waals surface area contributed by atoms with Crippen molar-refractivity contribution in [1.82, 2.24) is 10.2 Å². The first-order valence-corrected chi connectivity index (χ1v) is 8.95. The number of ether oxygens (including phenoxy) is 1. The van der Waals surface area contributed by atoms with Crippen LogP contribution in [0.3, 0.4) is 0 Å². The molecule has 3 rings (SSSR count). The molecular weight excluding hydrogens is 382 g/mol. The number of hydrogen-bond donors (Lipinski definition) is 3. The average molecular weight is 398 g/mol. The molecule has 2 unspecified atom stereocenters. The normalized spacial score (nSPS) is 24.7. The number of rotatable bonds is 4. The zero-order valence-electron chi connectivity index (χ0n) is 13.6. The first kappa shape index (κ1) is 18.6. The van der Waals surface area contributed by atoms with E-state index < -0.39 is 28.7 Å². The summed E-state index contributed by atoms with van der Waals surface area (Å²) in [6.07, 6.45) is 0.0639. The lowest BCUT2D eigenvalue weighted by molar-refractivity contribution is -0.149. The maximum absolute atomic E-state index is 12.3. The second-order valence-corrected chi connectivity index (χ2v) is 7.37. The molecule has 3 atom stereocenters. The summed E-state index contributed by atoms with van der Waals surface area (Å²) in [6, 6.07) is 5.44. The Morgan fingerprint density at radius 3 is 2.65 bits per heavy atom. The van der Waals surface area contributed by atoms with Crippen LogP contribution in [-0.4, -0.2) is 51.7 Å². The number of thioether (sulfide) groups is 1. The molecule has 0 spiro atoms. The molecule has 0 aliphatic carbocycles. The van der Waals surface area contributed by atoms with Crippen molar-refractivity contribution in [3.8, 4) is 5.75 Å². The number of phenols is 1. The van der Waals surface area contributed by atoms with Crippen molar-refractivity contribution in [2.75, 3.05) is 7.11 Å². The monoisotopic (exact) mass is 397 g/mol. The average Bonchev–Trinajstić information content (AvgIpc) is 2.63. The van der Waals surface area contributed by atoms with Crippen molar-refractivity contribution in [1.29, 1.82) is 0 Å². The van der Waals surface area contributed by atoms with Gasteiger partial charge in [0, 0.05) is 0 Å². The van der Waals surface area contributed by atoms with Gasteiger partial charge in [0.2, 0.25) is 11.8 Å². The Kier molecular flexibility index (Phi) is 5.12. The number of aromatic hydroxyl groups is 1. The van der Waals surface area contributed by atoms with Gasteiger partial charge in [-0.2, -0.15) is 0 Å². The quantitative estimate of drug-likeness (QED) is 0.491. The van der Waals surface area contributed by atoms with Crippen LogP contribution in [0.1, 0.15) is 5.56 Å². The molecule has 1 saturated heterocycles. The standard InChI is InChI=1S/C16H16ClN3O5S/c1-25-16(24)12-10(17)13(26-15-11(18)14(23)20(12)15)19-9(22)6-7-2-4-8(21)5-3-7/h2-5,11,13,15,21H,6,18H2,1H3,(H,19,22)/t11?,13?,15-/m1/s1. The number of nitrogens with two attached hydrogens (primary N) is 1. The topological polar surface area (TPSA) is 122 Å². The van der Waals surface area contributed by atoms with Crippen molar-refractivity contribution in [3.05, 3.63) is 40.6 Å². The SMILES string of the molecule is COC(=O)C1=C(Cl)C(NC(=O)Cc2ccc(O)cc2)S[C@@H]2C(N)C(=O)N12. The lowest BCUT2D eigenvalue weighted by atomic mass is 10.1. The Morgan fingerprint density at radius 1 is 1.38 bits per heavy atom. The van der Waals surface area contributed by atoms with E-state index in [1.54, 1.807) is 12.1 Å². The highest BCUT2D eigenvalue weighted by atomic mass is 35.5. The molecule has 8 nitrogen and oxygen atoms in total. The van der Waals surface area contributed by atoms with Gasteiger partial charge in [-0.25, -0.2) is 4.79 Å². The molecule has 2 amide bonds. The Bertz CT molecular complexity index is 798. The molecule has 26 heavy (non-hydrogen) atoms. The number of fused-ring (bicyclic) bond motifs is 1. The first-order valence-electron chi connectivity index (χ1n) is 7.63. The Balaban J connectivity index is 1.78. The summed E-state index contributed by atoms with van der Waals surface area (Å²) in [5.74, 6) is -1.41. The third-order valence-corrected chi connectivity index (χ3v) is 5.96. The maximum Gasteiger partial charge on any atom is 0.356 e. The van der Waals surface area contributed by atoms with Gasteiger partial charge in [-0.3, -0.25) is 14.5 Å². The summed E-state index contributed by atoms with van der Waals surface area (Å²) >= 11 is 7.46. The van der Waals surface area contributed by atoms with E-state index in [1.165, 1.54) is 35.9 Å². The van der Waals surface area contributed by atoms with E-state index in [1.807, 2.05) is 0 Å². The van der Waals surface area contributed by atoms with Gasteiger partial charge in [-0.05, 0) is 17.7 Å². The fourth-order valence-corrected chi connectivity index (χ4v) is 4.40. The van der Waals surface area contributed by atoms with Crippen LogP contribution in [0.25, 0.3) is 0 Å². The van der Waals surface area contributed by atoms with Gasteiger partial charge in [0.25, 0.3) is 0 Å². The number of amides is 2. The summed E-state index contributed by atoms with van der Waals surface area (Å²) in [7, 11) is 1.18. The van der Waals surface area contributed by atoms with E-state index in [9.17, 15) is 19.5 Å². The highest BCUT2D eigenvalue weighted by Gasteiger charge is 2.54. The molecule has 0 bridgehead atoms. The molecule has 1 aromatic rings. The van der Waals surface area contributed by atoms with Crippen molar-refractivity contribution in [2.24, 2.45) is 5.73 Å². The molecule has 1 aromatic carbocycles. The Hall–Kier alpha value is -2.23. The van der Waals surface area contributed by atoms with Crippen LogP contribution < -0.4 is 11.1 Å². The van der Waals surface area contributed by atoms with E-state index in [-0.39, 0.29) is 28.8 Å². The number of halogens is 1. The molecule has 4 N–H and O–H groups in total. The number of nitrogens with one attached hydrogen (secondary N) is 1. The summed E-state index contributed by atoms with van der Waals surface area (Å²) in [5, 5.41) is 10.8. The fraction of sp³-hybridized carbons (Fsp3) is 0.312. The summed E-state index contributed by atoms with van der Waals surface area (Å²) in [6.45, 7) is 0. The minimum atomic E-state index is -0.777. The van der Waals surface area contributed by atoms with Crippen LogP contribution >= 0.6 is 23.4 Å². The van der Waals surface area contributed by atoms with Gasteiger partial charge >= 0.3 is 5.97 Å². The largest absolute Gasteiger partial charge is 0.508 e. The van der Waals surface area contributed by atoms with E-state index in [0.29, 0.717) is 5.56 Å². The molecule has 0 saturated carbocycles. The number of carbonyl (C=O) groups is 3. The van der Waals surface area contributed by atoms with E-state index >= 15 is 0 Å². The molecular formula is C16H16ClN3O5S. The van der Waals surface area contributed by atoms with Crippen LogP contribution in [0.15, 0.2) is 35.0 Å². The summed E-state index contributed by atoms with van der Waals surface area (Å²) in [4.78, 5) is 37.5.